The summed E-state index contributed by atoms with van der Waals surface area (Å²) in [6, 6.07) is 0. The van der Waals surface area contributed by atoms with Gasteiger partial charge in [-0.2, -0.15) is 4.89 Å². The normalized spacial score (nSPS) is 10.7. The summed E-state index contributed by atoms with van der Waals surface area (Å²) in [5, 5.41) is 0. The number of carbonyl (C=O) groups is 1. The van der Waals surface area contributed by atoms with Crippen LogP contribution in [-0.2, 0) is 9.36 Å². The van der Waals surface area contributed by atoms with Crippen LogP contribution in [0.25, 0.3) is 0 Å². The maximum atomic E-state index is 9.61. The van der Waals surface area contributed by atoms with Crippen molar-refractivity contribution in [3.05, 3.63) is 0 Å². The molecule has 4 heteroatoms. The van der Waals surface area contributed by atoms with Gasteiger partial charge in [0.1, 0.15) is 0 Å². The first-order valence-electron chi connectivity index (χ1n) is 1.31. The van der Waals surface area contributed by atoms with Crippen LogP contribution in [-0.4, -0.2) is 10.4 Å². The lowest BCUT2D eigenvalue weighted by Crippen LogP contribution is -1.74. The Labute approximate surface area is 35.9 Å². The predicted octanol–water partition coefficient (Wildman–Crippen LogP) is 0.268. The topological polar surface area (TPSA) is 54.4 Å². The van der Waals surface area contributed by atoms with Crippen LogP contribution in [0.4, 0.5) is 0 Å². The second-order valence-electron chi connectivity index (χ2n) is 0.792. The lowest BCUT2D eigenvalue weighted by Gasteiger charge is -1.54. The lowest BCUT2D eigenvalue weighted by molar-refractivity contribution is -0.110. The second-order valence-corrected chi connectivity index (χ2v) is 1.97. The van der Waals surface area contributed by atoms with Crippen molar-refractivity contribution in [2.24, 2.45) is 0 Å². The molecular weight excluding hydrogens is 103 g/mol. The molecule has 0 bridgehead atoms. The summed E-state index contributed by atoms with van der Waals surface area (Å²) < 4.78 is 9.50. The third kappa shape index (κ3) is 2.00. The Morgan fingerprint density at radius 2 is 2.00 bits per heavy atom. The molecular formula is C2H4O3P+. The molecule has 1 N–H and O–H groups in total. The smallest absolute Gasteiger partial charge is 0.237 e. The van der Waals surface area contributed by atoms with E-state index in [1.54, 1.807) is 0 Å². The first kappa shape index (κ1) is 5.73. The lowest BCUT2D eigenvalue weighted by atomic mass is 10.9. The van der Waals surface area contributed by atoms with Crippen LogP contribution in [0.2, 0.25) is 0 Å². The van der Waals surface area contributed by atoms with Crippen molar-refractivity contribution in [1.29, 1.82) is 0 Å². The van der Waals surface area contributed by atoms with Crippen LogP contribution < -0.4 is 0 Å². The quantitative estimate of drug-likeness (QED) is 0.489. The highest BCUT2D eigenvalue weighted by molar-refractivity contribution is 7.58. The Kier molecular flexibility index (Phi) is 1.91. The molecule has 0 aromatic heterocycles. The molecule has 0 radical (unpaired) electrons. The first-order valence-corrected chi connectivity index (χ1v) is 2.52. The van der Waals surface area contributed by atoms with Gasteiger partial charge in [0.15, 0.2) is 0 Å². The summed E-state index contributed by atoms with van der Waals surface area (Å²) in [5.74, 6) is 0. The summed E-state index contributed by atoms with van der Waals surface area (Å²) in [5.41, 5.74) is -0.676. The highest BCUT2D eigenvalue weighted by Crippen LogP contribution is 2.11. The molecule has 0 aromatic carbocycles. The van der Waals surface area contributed by atoms with Crippen molar-refractivity contribution in [3.8, 4) is 0 Å². The van der Waals surface area contributed by atoms with E-state index >= 15 is 0 Å². The van der Waals surface area contributed by atoms with Crippen molar-refractivity contribution >= 4 is 13.6 Å². The molecule has 1 unspecified atom stereocenters. The predicted molar refractivity (Wildman–Crippen MR) is 20.5 cm³/mol. The average molecular weight is 107 g/mol. The molecule has 34 valence electrons. The number of hydrogen-bond donors (Lipinski definition) is 1. The molecule has 3 nitrogen and oxygen atoms in total. The van der Waals surface area contributed by atoms with Crippen LogP contribution in [0.1, 0.15) is 6.92 Å². The molecule has 0 fully saturated rings. The molecule has 0 aromatic rings. The minimum Gasteiger partial charge on any atom is -0.237 e. The fourth-order valence-electron chi connectivity index (χ4n) is 0. The van der Waals surface area contributed by atoms with E-state index in [4.69, 9.17) is 4.89 Å². The molecule has 0 spiro atoms. The molecule has 1 atom stereocenters. The molecule has 6 heavy (non-hydrogen) atoms. The van der Waals surface area contributed by atoms with Gasteiger partial charge in [-0.25, -0.2) is 4.79 Å². The molecule has 0 aliphatic heterocycles. The molecule has 0 rings (SSSR count). The Hall–Kier alpha value is -0.270. The Balaban J connectivity index is 3.57. The summed E-state index contributed by atoms with van der Waals surface area (Å²) >= 11 is 0. The van der Waals surface area contributed by atoms with Gasteiger partial charge in [0.25, 0.3) is 0 Å². The Bertz CT molecular complexity index is 74.8. The van der Waals surface area contributed by atoms with Crippen molar-refractivity contribution in [1.82, 2.24) is 0 Å². The van der Waals surface area contributed by atoms with Crippen LogP contribution in [0.5, 0.6) is 0 Å². The maximum Gasteiger partial charge on any atom is 0.584 e. The number of carbonyl (C=O) groups excluding carboxylic acids is 1. The standard InChI is InChI=1S/C2H3O3P/c1-2(3)6(4)5/h1H3/p+1. The highest BCUT2D eigenvalue weighted by atomic mass is 31.1. The van der Waals surface area contributed by atoms with Gasteiger partial charge in [-0.1, -0.05) is 0 Å². The van der Waals surface area contributed by atoms with E-state index < -0.39 is 13.6 Å². The van der Waals surface area contributed by atoms with Crippen molar-refractivity contribution in [2.45, 2.75) is 6.92 Å². The van der Waals surface area contributed by atoms with Gasteiger partial charge in [-0.15, -0.1) is 0 Å². The average Bonchev–Trinajstić information content (AvgIpc) is 1.36. The van der Waals surface area contributed by atoms with Crippen LogP contribution >= 0.6 is 8.03 Å². The zero-order chi connectivity index (χ0) is 5.15. The van der Waals surface area contributed by atoms with E-state index in [0.29, 0.717) is 0 Å². The molecule has 0 saturated heterocycles. The monoisotopic (exact) mass is 107 g/mol. The van der Waals surface area contributed by atoms with Gasteiger partial charge in [-0.3, -0.25) is 0 Å². The molecule has 0 aliphatic carbocycles. The maximum absolute atomic E-state index is 9.61. The van der Waals surface area contributed by atoms with E-state index in [0.717, 1.165) is 6.92 Å². The first-order chi connectivity index (χ1) is 2.64. The Morgan fingerprint density at radius 1 is 1.83 bits per heavy atom. The summed E-state index contributed by atoms with van der Waals surface area (Å²) in [7, 11) is -2.55. The van der Waals surface area contributed by atoms with Crippen molar-refractivity contribution in [3.63, 3.8) is 0 Å². The largest absolute Gasteiger partial charge is 0.584 e. The van der Waals surface area contributed by atoms with Gasteiger partial charge < -0.3 is 0 Å². The van der Waals surface area contributed by atoms with Gasteiger partial charge in [-0.05, 0) is 4.57 Å². The van der Waals surface area contributed by atoms with E-state index in [1.807, 2.05) is 0 Å². The van der Waals surface area contributed by atoms with Crippen molar-refractivity contribution < 1.29 is 14.3 Å². The Morgan fingerprint density at radius 3 is 2.00 bits per heavy atom. The molecule has 0 aliphatic rings. The van der Waals surface area contributed by atoms with Crippen LogP contribution in [0, 0.1) is 0 Å². The van der Waals surface area contributed by atoms with Gasteiger partial charge in [0.2, 0.25) is 0 Å². The number of rotatable bonds is 1. The zero-order valence-electron chi connectivity index (χ0n) is 3.21. The minimum absolute atomic E-state index is 0.676. The summed E-state index contributed by atoms with van der Waals surface area (Å²) in [6.07, 6.45) is 0. The summed E-state index contributed by atoms with van der Waals surface area (Å²) in [4.78, 5) is 17.4. The molecule has 0 heterocycles. The third-order valence-corrected chi connectivity index (χ3v) is 0.808. The van der Waals surface area contributed by atoms with E-state index in [-0.39, 0.29) is 0 Å². The van der Waals surface area contributed by atoms with Gasteiger partial charge >= 0.3 is 13.6 Å². The zero-order valence-corrected chi connectivity index (χ0v) is 4.11. The molecule has 0 amide bonds. The van der Waals surface area contributed by atoms with Gasteiger partial charge in [0, 0.05) is 6.92 Å². The van der Waals surface area contributed by atoms with Gasteiger partial charge in [0.05, 0.1) is 0 Å². The fourth-order valence-corrected chi connectivity index (χ4v) is 0. The van der Waals surface area contributed by atoms with E-state index in [1.165, 1.54) is 0 Å². The SMILES string of the molecule is CC(=O)[P+](=O)O. The third-order valence-electron chi connectivity index (χ3n) is 0.269. The second kappa shape index (κ2) is 2.00. The molecule has 0 saturated carbocycles. The highest BCUT2D eigenvalue weighted by Gasteiger charge is 2.17. The van der Waals surface area contributed by atoms with E-state index in [9.17, 15) is 9.36 Å². The van der Waals surface area contributed by atoms with Crippen molar-refractivity contribution in [2.75, 3.05) is 0 Å². The minimum atomic E-state index is -2.55. The summed E-state index contributed by atoms with van der Waals surface area (Å²) in [6.45, 7) is 1.07. The van der Waals surface area contributed by atoms with E-state index in [2.05, 4.69) is 0 Å². The number of hydrogen-bond acceptors (Lipinski definition) is 2. The van der Waals surface area contributed by atoms with Crippen LogP contribution in [0.3, 0.4) is 0 Å². The van der Waals surface area contributed by atoms with Crippen LogP contribution in [0.15, 0.2) is 0 Å². The fraction of sp³-hybridized carbons (Fsp3) is 0.500.